The van der Waals surface area contributed by atoms with Crippen LogP contribution in [-0.2, 0) is 6.54 Å². The van der Waals surface area contributed by atoms with Crippen LogP contribution in [0.4, 0.5) is 11.4 Å². The third-order valence-electron chi connectivity index (χ3n) is 4.02. The normalized spacial score (nSPS) is 10.4. The number of carbonyl (C=O) groups is 1. The number of nitrogens with zero attached hydrogens (tertiary/aromatic N) is 2. The molecule has 0 bridgehead atoms. The van der Waals surface area contributed by atoms with Crippen molar-refractivity contribution in [2.75, 3.05) is 11.9 Å². The summed E-state index contributed by atoms with van der Waals surface area (Å²) in [5.41, 5.74) is 3.05. The average molecular weight is 366 g/mol. The van der Waals surface area contributed by atoms with E-state index in [-0.39, 0.29) is 5.91 Å². The van der Waals surface area contributed by atoms with E-state index in [4.69, 9.17) is 11.6 Å². The van der Waals surface area contributed by atoms with Crippen molar-refractivity contribution in [3.05, 3.63) is 89.2 Å². The predicted molar refractivity (Wildman–Crippen MR) is 106 cm³/mol. The van der Waals surface area contributed by atoms with Crippen molar-refractivity contribution in [2.24, 2.45) is 0 Å². The molecule has 26 heavy (non-hydrogen) atoms. The molecule has 1 aromatic heterocycles. The van der Waals surface area contributed by atoms with Gasteiger partial charge in [-0.15, -0.1) is 0 Å². The first-order valence-electron chi connectivity index (χ1n) is 8.48. The molecule has 2 aromatic carbocycles. The number of aromatic nitrogens is 1. The Bertz CT molecular complexity index is 883. The molecule has 0 aliphatic rings. The first kappa shape index (κ1) is 18.0. The van der Waals surface area contributed by atoms with Gasteiger partial charge < -0.3 is 10.2 Å². The quantitative estimate of drug-likeness (QED) is 0.657. The molecule has 0 atom stereocenters. The van der Waals surface area contributed by atoms with Gasteiger partial charge in [-0.25, -0.2) is 0 Å². The van der Waals surface area contributed by atoms with Gasteiger partial charge in [-0.3, -0.25) is 9.78 Å². The summed E-state index contributed by atoms with van der Waals surface area (Å²) in [6, 6.07) is 21.0. The maximum absolute atomic E-state index is 12.9. The Morgan fingerprint density at radius 2 is 1.81 bits per heavy atom. The van der Waals surface area contributed by atoms with Gasteiger partial charge in [0.05, 0.1) is 10.7 Å². The second-order valence-corrected chi connectivity index (χ2v) is 6.25. The van der Waals surface area contributed by atoms with Gasteiger partial charge in [-0.2, -0.15) is 0 Å². The highest BCUT2D eigenvalue weighted by Gasteiger charge is 2.16. The number of halogens is 1. The Kier molecular flexibility index (Phi) is 5.87. The maximum Gasteiger partial charge on any atom is 0.272 e. The van der Waals surface area contributed by atoms with Crippen molar-refractivity contribution in [1.82, 2.24) is 9.88 Å². The van der Waals surface area contributed by atoms with E-state index < -0.39 is 0 Å². The van der Waals surface area contributed by atoms with Gasteiger partial charge in [0.25, 0.3) is 5.91 Å². The van der Waals surface area contributed by atoms with Crippen LogP contribution in [0, 0.1) is 0 Å². The van der Waals surface area contributed by atoms with E-state index in [1.165, 1.54) is 0 Å². The van der Waals surface area contributed by atoms with Crippen molar-refractivity contribution in [3.8, 4) is 0 Å². The number of para-hydroxylation sites is 1. The Balaban J connectivity index is 1.77. The molecule has 4 nitrogen and oxygen atoms in total. The molecule has 132 valence electrons. The van der Waals surface area contributed by atoms with Crippen molar-refractivity contribution < 1.29 is 4.79 Å². The number of hydrogen-bond acceptors (Lipinski definition) is 3. The molecule has 5 heteroatoms. The highest BCUT2D eigenvalue weighted by Crippen LogP contribution is 2.25. The van der Waals surface area contributed by atoms with E-state index in [2.05, 4.69) is 10.3 Å². The van der Waals surface area contributed by atoms with Gasteiger partial charge in [0.15, 0.2) is 0 Å². The fraction of sp³-hybridized carbons (Fsp3) is 0.143. The van der Waals surface area contributed by atoms with Crippen LogP contribution in [0.5, 0.6) is 0 Å². The molecule has 3 aromatic rings. The summed E-state index contributed by atoms with van der Waals surface area (Å²) >= 11 is 6.19. The van der Waals surface area contributed by atoms with Crippen LogP contribution < -0.4 is 5.32 Å². The molecule has 0 saturated carbocycles. The van der Waals surface area contributed by atoms with Crippen LogP contribution in [0.1, 0.15) is 23.0 Å². The van der Waals surface area contributed by atoms with Crippen molar-refractivity contribution in [1.29, 1.82) is 0 Å². The molecule has 0 fully saturated rings. The summed E-state index contributed by atoms with van der Waals surface area (Å²) < 4.78 is 0. The smallest absolute Gasteiger partial charge is 0.272 e. The summed E-state index contributed by atoms with van der Waals surface area (Å²) in [6.07, 6.45) is 1.63. The zero-order valence-corrected chi connectivity index (χ0v) is 15.3. The SMILES string of the molecule is CCN(Cc1ccccc1)C(=O)c1cc(Nc2ccccc2Cl)ccn1. The number of anilines is 2. The molecular weight excluding hydrogens is 346 g/mol. The standard InChI is InChI=1S/C21H20ClN3O/c1-2-25(15-16-8-4-3-5-9-16)21(26)20-14-17(12-13-23-20)24-19-11-7-6-10-18(19)22/h3-14H,2,15H2,1H3,(H,23,24). The first-order chi connectivity index (χ1) is 12.7. The molecule has 0 aliphatic heterocycles. The van der Waals surface area contributed by atoms with Crippen LogP contribution >= 0.6 is 11.6 Å². The van der Waals surface area contributed by atoms with Crippen LogP contribution in [-0.4, -0.2) is 22.3 Å². The van der Waals surface area contributed by atoms with E-state index >= 15 is 0 Å². The van der Waals surface area contributed by atoms with E-state index in [0.29, 0.717) is 23.8 Å². The summed E-state index contributed by atoms with van der Waals surface area (Å²) in [4.78, 5) is 18.9. The number of pyridine rings is 1. The molecule has 1 amide bonds. The maximum atomic E-state index is 12.9. The van der Waals surface area contributed by atoms with Gasteiger partial charge >= 0.3 is 0 Å². The number of hydrogen-bond donors (Lipinski definition) is 1. The van der Waals surface area contributed by atoms with E-state index in [1.807, 2.05) is 67.6 Å². The summed E-state index contributed by atoms with van der Waals surface area (Å²) in [7, 11) is 0. The molecule has 0 radical (unpaired) electrons. The summed E-state index contributed by atoms with van der Waals surface area (Å²) in [5.74, 6) is -0.0980. The van der Waals surface area contributed by atoms with Gasteiger partial charge in [0.2, 0.25) is 0 Å². The lowest BCUT2D eigenvalue weighted by atomic mass is 10.2. The molecule has 1 N–H and O–H groups in total. The Hall–Kier alpha value is -2.85. The lowest BCUT2D eigenvalue weighted by Gasteiger charge is -2.21. The lowest BCUT2D eigenvalue weighted by molar-refractivity contribution is 0.0746. The second-order valence-electron chi connectivity index (χ2n) is 5.84. The largest absolute Gasteiger partial charge is 0.354 e. The minimum absolute atomic E-state index is 0.0980. The number of carbonyl (C=O) groups excluding carboxylic acids is 1. The topological polar surface area (TPSA) is 45.2 Å². The fourth-order valence-corrected chi connectivity index (χ4v) is 2.82. The van der Waals surface area contributed by atoms with Crippen molar-refractivity contribution in [2.45, 2.75) is 13.5 Å². The fourth-order valence-electron chi connectivity index (χ4n) is 2.64. The average Bonchev–Trinajstić information content (AvgIpc) is 2.68. The Morgan fingerprint density at radius 1 is 1.08 bits per heavy atom. The van der Waals surface area contributed by atoms with Gasteiger partial charge in [0.1, 0.15) is 5.69 Å². The molecular formula is C21H20ClN3O. The Morgan fingerprint density at radius 3 is 2.54 bits per heavy atom. The number of amides is 1. The Labute approximate surface area is 158 Å². The first-order valence-corrected chi connectivity index (χ1v) is 8.86. The monoisotopic (exact) mass is 365 g/mol. The second kappa shape index (κ2) is 8.50. The van der Waals surface area contributed by atoms with E-state index in [0.717, 1.165) is 16.9 Å². The predicted octanol–water partition coefficient (Wildman–Crippen LogP) is 5.14. The van der Waals surface area contributed by atoms with Crippen molar-refractivity contribution in [3.63, 3.8) is 0 Å². The molecule has 0 aliphatic carbocycles. The van der Waals surface area contributed by atoms with Gasteiger partial charge in [0, 0.05) is 25.0 Å². The van der Waals surface area contributed by atoms with Gasteiger partial charge in [-0.1, -0.05) is 54.1 Å². The van der Waals surface area contributed by atoms with E-state index in [1.54, 1.807) is 17.2 Å². The van der Waals surface area contributed by atoms with Crippen LogP contribution in [0.2, 0.25) is 5.02 Å². The minimum Gasteiger partial charge on any atom is -0.354 e. The van der Waals surface area contributed by atoms with E-state index in [9.17, 15) is 4.79 Å². The highest BCUT2D eigenvalue weighted by molar-refractivity contribution is 6.33. The van der Waals surface area contributed by atoms with Gasteiger partial charge in [-0.05, 0) is 36.8 Å². The molecule has 3 rings (SSSR count). The third kappa shape index (κ3) is 4.41. The minimum atomic E-state index is -0.0980. The number of nitrogens with one attached hydrogen (secondary N) is 1. The highest BCUT2D eigenvalue weighted by atomic mass is 35.5. The number of benzene rings is 2. The molecule has 0 unspecified atom stereocenters. The summed E-state index contributed by atoms with van der Waals surface area (Å²) in [6.45, 7) is 3.13. The molecule has 0 saturated heterocycles. The zero-order valence-electron chi connectivity index (χ0n) is 14.5. The molecule has 0 spiro atoms. The van der Waals surface area contributed by atoms with Crippen LogP contribution in [0.25, 0.3) is 0 Å². The number of rotatable bonds is 6. The summed E-state index contributed by atoms with van der Waals surface area (Å²) in [5, 5.41) is 3.85. The van der Waals surface area contributed by atoms with Crippen LogP contribution in [0.3, 0.4) is 0 Å². The lowest BCUT2D eigenvalue weighted by Crippen LogP contribution is -2.31. The van der Waals surface area contributed by atoms with Crippen molar-refractivity contribution >= 4 is 28.9 Å². The van der Waals surface area contributed by atoms with Crippen LogP contribution in [0.15, 0.2) is 72.9 Å². The molecule has 1 heterocycles. The third-order valence-corrected chi connectivity index (χ3v) is 4.35. The zero-order chi connectivity index (χ0) is 18.4.